The summed E-state index contributed by atoms with van der Waals surface area (Å²) in [6.45, 7) is 0. The predicted octanol–water partition coefficient (Wildman–Crippen LogP) is 1.52. The van der Waals surface area contributed by atoms with Crippen LogP contribution < -0.4 is 5.73 Å². The van der Waals surface area contributed by atoms with Gasteiger partial charge in [0.05, 0.1) is 0 Å². The molecule has 0 fully saturated rings. The number of amides is 1. The van der Waals surface area contributed by atoms with Gasteiger partial charge in [-0.1, -0.05) is 24.3 Å². The molecule has 0 bridgehead atoms. The van der Waals surface area contributed by atoms with Crippen LogP contribution in [0.15, 0.2) is 24.3 Å². The monoisotopic (exact) mass is 211 g/mol. The summed E-state index contributed by atoms with van der Waals surface area (Å²) >= 11 is 0. The van der Waals surface area contributed by atoms with Crippen LogP contribution in [0.5, 0.6) is 0 Å². The number of fused-ring (bicyclic) bond motifs is 1. The van der Waals surface area contributed by atoms with Gasteiger partial charge in [-0.25, -0.2) is 0 Å². The lowest BCUT2D eigenvalue weighted by Crippen LogP contribution is -2.42. The Bertz CT molecular complexity index is 378. The van der Waals surface area contributed by atoms with Gasteiger partial charge in [0.25, 0.3) is 5.91 Å². The number of alkyl halides is 2. The number of primary amides is 1. The minimum atomic E-state index is -3.40. The minimum Gasteiger partial charge on any atom is -0.364 e. The Morgan fingerprint density at radius 2 is 1.73 bits per heavy atom. The smallest absolute Gasteiger partial charge is 0.327 e. The highest BCUT2D eigenvalue weighted by Gasteiger charge is 2.47. The summed E-state index contributed by atoms with van der Waals surface area (Å²) < 4.78 is 26.7. The number of hydrogen-bond acceptors (Lipinski definition) is 1. The van der Waals surface area contributed by atoms with Gasteiger partial charge in [0, 0.05) is 5.92 Å². The number of carbonyl (C=O) groups excluding carboxylic acids is 1. The average Bonchev–Trinajstić information content (AvgIpc) is 2.61. The third-order valence-electron chi connectivity index (χ3n) is 2.89. The Kier molecular flexibility index (Phi) is 2.21. The summed E-state index contributed by atoms with van der Waals surface area (Å²) in [7, 11) is 0. The first kappa shape index (κ1) is 10.1. The van der Waals surface area contributed by atoms with E-state index in [0.717, 1.165) is 11.1 Å². The van der Waals surface area contributed by atoms with Crippen LogP contribution in [0, 0.1) is 5.92 Å². The molecular formula is C11H11F2NO. The highest BCUT2D eigenvalue weighted by Crippen LogP contribution is 2.36. The molecule has 0 atom stereocenters. The van der Waals surface area contributed by atoms with Crippen molar-refractivity contribution in [3.05, 3.63) is 35.4 Å². The van der Waals surface area contributed by atoms with Gasteiger partial charge in [-0.05, 0) is 24.0 Å². The van der Waals surface area contributed by atoms with Crippen LogP contribution >= 0.6 is 0 Å². The van der Waals surface area contributed by atoms with Crippen molar-refractivity contribution in [2.75, 3.05) is 0 Å². The molecular weight excluding hydrogens is 200 g/mol. The third kappa shape index (κ3) is 1.60. The van der Waals surface area contributed by atoms with Crippen molar-refractivity contribution in [2.24, 2.45) is 11.7 Å². The first-order valence-electron chi connectivity index (χ1n) is 4.76. The van der Waals surface area contributed by atoms with E-state index in [1.165, 1.54) is 0 Å². The Morgan fingerprint density at radius 3 is 2.13 bits per heavy atom. The molecule has 0 saturated heterocycles. The fourth-order valence-electron chi connectivity index (χ4n) is 2.02. The van der Waals surface area contributed by atoms with E-state index >= 15 is 0 Å². The Morgan fingerprint density at radius 1 is 1.27 bits per heavy atom. The quantitative estimate of drug-likeness (QED) is 0.791. The molecule has 4 heteroatoms. The van der Waals surface area contributed by atoms with Gasteiger partial charge in [-0.2, -0.15) is 8.78 Å². The molecule has 0 aromatic heterocycles. The van der Waals surface area contributed by atoms with Crippen molar-refractivity contribution in [1.82, 2.24) is 0 Å². The number of carbonyl (C=O) groups is 1. The Hall–Kier alpha value is -1.45. The molecule has 0 radical (unpaired) electrons. The molecule has 1 aromatic carbocycles. The number of nitrogens with two attached hydrogens (primary N) is 1. The second kappa shape index (κ2) is 3.29. The number of rotatable bonds is 2. The van der Waals surface area contributed by atoms with Gasteiger partial charge in [0.2, 0.25) is 0 Å². The number of benzene rings is 1. The molecule has 1 aliphatic carbocycles. The third-order valence-corrected chi connectivity index (χ3v) is 2.89. The molecule has 2 N–H and O–H groups in total. The fraction of sp³-hybridized carbons (Fsp3) is 0.364. The van der Waals surface area contributed by atoms with Crippen LogP contribution in [0.3, 0.4) is 0 Å². The van der Waals surface area contributed by atoms with Gasteiger partial charge in [0.15, 0.2) is 0 Å². The summed E-state index contributed by atoms with van der Waals surface area (Å²) in [5.74, 6) is -5.91. The first-order valence-corrected chi connectivity index (χ1v) is 4.76. The lowest BCUT2D eigenvalue weighted by molar-refractivity contribution is -0.149. The first-order chi connectivity index (χ1) is 7.01. The zero-order chi connectivity index (χ0) is 11.1. The molecule has 80 valence electrons. The zero-order valence-corrected chi connectivity index (χ0v) is 8.04. The van der Waals surface area contributed by atoms with Crippen molar-refractivity contribution < 1.29 is 13.6 Å². The lowest BCUT2D eigenvalue weighted by atomic mass is 9.98. The molecule has 1 aromatic rings. The zero-order valence-electron chi connectivity index (χ0n) is 8.04. The van der Waals surface area contributed by atoms with Crippen molar-refractivity contribution in [3.63, 3.8) is 0 Å². The predicted molar refractivity (Wildman–Crippen MR) is 51.5 cm³/mol. The largest absolute Gasteiger partial charge is 0.364 e. The molecule has 0 heterocycles. The summed E-state index contributed by atoms with van der Waals surface area (Å²) in [4.78, 5) is 10.6. The Balaban J connectivity index is 2.24. The van der Waals surface area contributed by atoms with E-state index in [-0.39, 0.29) is 12.8 Å². The van der Waals surface area contributed by atoms with E-state index in [2.05, 4.69) is 0 Å². The van der Waals surface area contributed by atoms with Crippen molar-refractivity contribution in [2.45, 2.75) is 18.8 Å². The van der Waals surface area contributed by atoms with E-state index in [9.17, 15) is 13.6 Å². The molecule has 0 aliphatic heterocycles. The molecule has 0 unspecified atom stereocenters. The minimum absolute atomic E-state index is 0.228. The van der Waals surface area contributed by atoms with E-state index in [4.69, 9.17) is 5.73 Å². The van der Waals surface area contributed by atoms with Crippen LogP contribution in [-0.2, 0) is 17.6 Å². The van der Waals surface area contributed by atoms with Crippen molar-refractivity contribution in [3.8, 4) is 0 Å². The standard InChI is InChI=1S/C11H11F2NO/c12-11(13,10(14)15)9-5-7-3-1-2-4-8(7)6-9/h1-4,9H,5-6H2,(H2,14,15). The van der Waals surface area contributed by atoms with E-state index in [1.54, 1.807) is 0 Å². The van der Waals surface area contributed by atoms with Gasteiger partial charge in [0.1, 0.15) is 0 Å². The van der Waals surface area contributed by atoms with Gasteiger partial charge >= 0.3 is 5.92 Å². The molecule has 2 nitrogen and oxygen atoms in total. The van der Waals surface area contributed by atoms with Gasteiger partial charge < -0.3 is 5.73 Å². The summed E-state index contributed by atoms with van der Waals surface area (Å²) in [5, 5.41) is 0. The van der Waals surface area contributed by atoms with Crippen molar-refractivity contribution in [1.29, 1.82) is 0 Å². The molecule has 1 aliphatic rings. The highest BCUT2D eigenvalue weighted by molar-refractivity contribution is 5.82. The van der Waals surface area contributed by atoms with Crippen LogP contribution in [0.4, 0.5) is 8.78 Å². The van der Waals surface area contributed by atoms with E-state index in [0.29, 0.717) is 0 Å². The lowest BCUT2D eigenvalue weighted by Gasteiger charge is -2.18. The van der Waals surface area contributed by atoms with Crippen LogP contribution in [0.2, 0.25) is 0 Å². The van der Waals surface area contributed by atoms with Crippen LogP contribution in [0.1, 0.15) is 11.1 Å². The fourth-order valence-corrected chi connectivity index (χ4v) is 2.02. The Labute approximate surface area is 86.1 Å². The van der Waals surface area contributed by atoms with E-state index < -0.39 is 17.7 Å². The highest BCUT2D eigenvalue weighted by atomic mass is 19.3. The molecule has 15 heavy (non-hydrogen) atoms. The molecule has 1 amide bonds. The topological polar surface area (TPSA) is 43.1 Å². The summed E-state index contributed by atoms with van der Waals surface area (Å²) in [5.41, 5.74) is 6.48. The van der Waals surface area contributed by atoms with Gasteiger partial charge in [-0.3, -0.25) is 4.79 Å². The second-order valence-corrected chi connectivity index (χ2v) is 3.86. The summed E-state index contributed by atoms with van der Waals surface area (Å²) in [6, 6.07) is 7.24. The van der Waals surface area contributed by atoms with E-state index in [1.807, 2.05) is 24.3 Å². The van der Waals surface area contributed by atoms with Gasteiger partial charge in [-0.15, -0.1) is 0 Å². The normalized spacial score (nSPS) is 16.4. The molecule has 2 rings (SSSR count). The SMILES string of the molecule is NC(=O)C(F)(F)C1Cc2ccccc2C1. The molecule has 0 saturated carbocycles. The second-order valence-electron chi connectivity index (χ2n) is 3.86. The number of halogens is 2. The average molecular weight is 211 g/mol. The maximum Gasteiger partial charge on any atom is 0.327 e. The summed E-state index contributed by atoms with van der Waals surface area (Å²) in [6.07, 6.45) is 0.457. The number of hydrogen-bond donors (Lipinski definition) is 1. The maximum absolute atomic E-state index is 13.3. The molecule has 0 spiro atoms. The maximum atomic E-state index is 13.3. The van der Waals surface area contributed by atoms with Crippen molar-refractivity contribution >= 4 is 5.91 Å². The van der Waals surface area contributed by atoms with Crippen LogP contribution in [-0.4, -0.2) is 11.8 Å². The van der Waals surface area contributed by atoms with Crippen LogP contribution in [0.25, 0.3) is 0 Å².